The Kier molecular flexibility index (Phi) is 5.23. The molecule has 23 heavy (non-hydrogen) atoms. The molecule has 1 amide bonds. The highest BCUT2D eigenvalue weighted by Crippen LogP contribution is 2.23. The van der Waals surface area contributed by atoms with Crippen molar-refractivity contribution in [3.63, 3.8) is 0 Å². The van der Waals surface area contributed by atoms with Gasteiger partial charge in [0.25, 0.3) is 5.91 Å². The quantitative estimate of drug-likeness (QED) is 0.893. The van der Waals surface area contributed by atoms with Crippen LogP contribution in [0.5, 0.6) is 0 Å². The van der Waals surface area contributed by atoms with Crippen molar-refractivity contribution in [1.82, 2.24) is 14.0 Å². The molecule has 2 aromatic rings. The molecule has 1 heterocycles. The predicted octanol–water partition coefficient (Wildman–Crippen LogP) is 2.51. The summed E-state index contributed by atoms with van der Waals surface area (Å²) in [5.41, 5.74) is 1.19. The number of carbonyl (C=O) groups is 1. The number of aromatic nitrogens is 1. The number of hydrogen-bond donors (Lipinski definition) is 1. The Morgan fingerprint density at radius 2 is 2.09 bits per heavy atom. The van der Waals surface area contributed by atoms with Crippen LogP contribution in [0.3, 0.4) is 0 Å². The van der Waals surface area contributed by atoms with Gasteiger partial charge in [-0.2, -0.15) is 12.7 Å². The van der Waals surface area contributed by atoms with Gasteiger partial charge in [-0.1, -0.05) is 30.7 Å². The molecule has 0 bridgehead atoms. The van der Waals surface area contributed by atoms with Gasteiger partial charge in [-0.3, -0.25) is 9.78 Å². The highest BCUT2D eigenvalue weighted by molar-refractivity contribution is 7.87. The van der Waals surface area contributed by atoms with Crippen LogP contribution in [-0.4, -0.2) is 37.2 Å². The average molecular weight is 356 g/mol. The minimum atomic E-state index is -3.87. The largest absolute Gasteiger partial charge is 0.303 e. The van der Waals surface area contributed by atoms with Gasteiger partial charge >= 0.3 is 10.2 Å². The van der Waals surface area contributed by atoms with Crippen LogP contribution in [0.25, 0.3) is 10.9 Å². The van der Waals surface area contributed by atoms with Crippen molar-refractivity contribution >= 4 is 38.6 Å². The second-order valence-electron chi connectivity index (χ2n) is 5.19. The molecular weight excluding hydrogens is 338 g/mol. The highest BCUT2D eigenvalue weighted by Gasteiger charge is 2.22. The summed E-state index contributed by atoms with van der Waals surface area (Å²) in [4.78, 5) is 16.6. The Labute approximate surface area is 140 Å². The zero-order chi connectivity index (χ0) is 17.2. The molecule has 0 saturated heterocycles. The number of hydrogen-bond acceptors (Lipinski definition) is 4. The second-order valence-corrected chi connectivity index (χ2v) is 7.38. The molecule has 6 nitrogen and oxygen atoms in total. The molecular formula is C15H18ClN3O3S. The molecule has 0 unspecified atom stereocenters. The monoisotopic (exact) mass is 355 g/mol. The summed E-state index contributed by atoms with van der Waals surface area (Å²) in [5.74, 6) is -0.708. The van der Waals surface area contributed by atoms with Crippen molar-refractivity contribution in [2.75, 3.05) is 13.6 Å². The third kappa shape index (κ3) is 3.80. The van der Waals surface area contributed by atoms with Gasteiger partial charge in [0.1, 0.15) is 0 Å². The maximum atomic E-state index is 12.3. The Bertz CT molecular complexity index is 852. The van der Waals surface area contributed by atoms with E-state index < -0.39 is 16.1 Å². The fourth-order valence-electron chi connectivity index (χ4n) is 2.17. The molecule has 0 aliphatic heterocycles. The first-order chi connectivity index (χ1) is 10.8. The van der Waals surface area contributed by atoms with Crippen molar-refractivity contribution in [3.05, 3.63) is 40.5 Å². The second kappa shape index (κ2) is 6.82. The number of para-hydroxylation sites is 1. The lowest BCUT2D eigenvalue weighted by atomic mass is 10.1. The molecule has 2 rings (SSSR count). The average Bonchev–Trinajstić information content (AvgIpc) is 2.47. The first-order valence-corrected chi connectivity index (χ1v) is 8.92. The predicted molar refractivity (Wildman–Crippen MR) is 90.8 cm³/mol. The third-order valence-electron chi connectivity index (χ3n) is 3.40. The van der Waals surface area contributed by atoms with Crippen LogP contribution >= 0.6 is 11.6 Å². The van der Waals surface area contributed by atoms with E-state index in [1.54, 1.807) is 31.2 Å². The lowest BCUT2D eigenvalue weighted by molar-refractivity contribution is 0.0978. The van der Waals surface area contributed by atoms with E-state index >= 15 is 0 Å². The van der Waals surface area contributed by atoms with Gasteiger partial charge < -0.3 is 0 Å². The van der Waals surface area contributed by atoms with E-state index in [1.165, 1.54) is 7.05 Å². The molecule has 0 saturated carbocycles. The number of nitrogens with zero attached hydrogens (tertiary/aromatic N) is 2. The van der Waals surface area contributed by atoms with Crippen LogP contribution in [0.15, 0.2) is 24.3 Å². The normalized spacial score (nSPS) is 11.9. The lowest BCUT2D eigenvalue weighted by Gasteiger charge is -2.17. The van der Waals surface area contributed by atoms with Crippen LogP contribution in [0.4, 0.5) is 0 Å². The zero-order valence-electron chi connectivity index (χ0n) is 13.1. The number of carbonyl (C=O) groups excluding carboxylic acids is 1. The van der Waals surface area contributed by atoms with Gasteiger partial charge in [-0.15, -0.1) is 0 Å². The molecule has 124 valence electrons. The van der Waals surface area contributed by atoms with Crippen molar-refractivity contribution < 1.29 is 13.2 Å². The Morgan fingerprint density at radius 1 is 1.39 bits per heavy atom. The van der Waals surface area contributed by atoms with Crippen molar-refractivity contribution in [1.29, 1.82) is 0 Å². The van der Waals surface area contributed by atoms with E-state index in [4.69, 9.17) is 11.6 Å². The molecule has 1 aromatic heterocycles. The number of halogens is 1. The van der Waals surface area contributed by atoms with Crippen LogP contribution in [0.1, 0.15) is 29.4 Å². The van der Waals surface area contributed by atoms with Crippen LogP contribution in [0.2, 0.25) is 5.02 Å². The first kappa shape index (κ1) is 17.7. The number of pyridine rings is 1. The third-order valence-corrected chi connectivity index (χ3v) is 5.15. The standard InChI is InChI=1S/C15H18ClN3O3S/c1-4-8-19(3)23(21,22)18-15(20)12-9-11-6-5-7-13(16)14(11)17-10(12)2/h5-7,9H,4,8H2,1-3H3,(H,18,20). The maximum absolute atomic E-state index is 12.3. The maximum Gasteiger partial charge on any atom is 0.303 e. The number of aryl methyl sites for hydroxylation is 1. The zero-order valence-corrected chi connectivity index (χ0v) is 14.7. The Balaban J connectivity index is 2.37. The summed E-state index contributed by atoms with van der Waals surface area (Å²) in [6, 6.07) is 6.81. The summed E-state index contributed by atoms with van der Waals surface area (Å²) in [6.45, 7) is 3.82. The number of nitrogens with one attached hydrogen (secondary N) is 1. The summed E-state index contributed by atoms with van der Waals surface area (Å²) >= 11 is 6.08. The smallest absolute Gasteiger partial charge is 0.268 e. The van der Waals surface area contributed by atoms with Gasteiger partial charge in [0, 0.05) is 19.0 Å². The van der Waals surface area contributed by atoms with Crippen LogP contribution in [-0.2, 0) is 10.2 Å². The minimum absolute atomic E-state index is 0.202. The first-order valence-electron chi connectivity index (χ1n) is 7.10. The highest BCUT2D eigenvalue weighted by atomic mass is 35.5. The molecule has 0 aliphatic carbocycles. The summed E-state index contributed by atoms with van der Waals surface area (Å²) in [7, 11) is -2.45. The molecule has 0 radical (unpaired) electrons. The lowest BCUT2D eigenvalue weighted by Crippen LogP contribution is -2.42. The Hall–Kier alpha value is -1.70. The van der Waals surface area contributed by atoms with Gasteiger partial charge in [0.05, 0.1) is 21.8 Å². The fraction of sp³-hybridized carbons (Fsp3) is 0.333. The Morgan fingerprint density at radius 3 is 2.74 bits per heavy atom. The molecule has 0 spiro atoms. The van der Waals surface area contributed by atoms with E-state index in [2.05, 4.69) is 9.71 Å². The molecule has 1 aromatic carbocycles. The molecule has 0 fully saturated rings. The minimum Gasteiger partial charge on any atom is -0.268 e. The number of rotatable bonds is 5. The molecule has 8 heteroatoms. The molecule has 1 N–H and O–H groups in total. The van der Waals surface area contributed by atoms with E-state index in [1.807, 2.05) is 6.92 Å². The summed E-state index contributed by atoms with van der Waals surface area (Å²) in [5, 5.41) is 1.15. The summed E-state index contributed by atoms with van der Waals surface area (Å²) in [6.07, 6.45) is 0.653. The number of amides is 1. The van der Waals surface area contributed by atoms with Crippen LogP contribution < -0.4 is 4.72 Å². The molecule has 0 aliphatic rings. The topological polar surface area (TPSA) is 79.4 Å². The summed E-state index contributed by atoms with van der Waals surface area (Å²) < 4.78 is 27.3. The van der Waals surface area contributed by atoms with E-state index in [0.717, 1.165) is 4.31 Å². The van der Waals surface area contributed by atoms with E-state index in [-0.39, 0.29) is 5.56 Å². The van der Waals surface area contributed by atoms with E-state index in [0.29, 0.717) is 34.6 Å². The van der Waals surface area contributed by atoms with Gasteiger partial charge in [0.15, 0.2) is 0 Å². The van der Waals surface area contributed by atoms with Crippen molar-refractivity contribution in [2.24, 2.45) is 0 Å². The SMILES string of the molecule is CCCN(C)S(=O)(=O)NC(=O)c1cc2cccc(Cl)c2nc1C. The fourth-order valence-corrected chi connectivity index (χ4v) is 3.32. The van der Waals surface area contributed by atoms with Gasteiger partial charge in [0.2, 0.25) is 0 Å². The van der Waals surface area contributed by atoms with Gasteiger partial charge in [-0.05, 0) is 25.5 Å². The van der Waals surface area contributed by atoms with Crippen molar-refractivity contribution in [2.45, 2.75) is 20.3 Å². The van der Waals surface area contributed by atoms with Crippen LogP contribution in [0, 0.1) is 6.92 Å². The van der Waals surface area contributed by atoms with Crippen molar-refractivity contribution in [3.8, 4) is 0 Å². The van der Waals surface area contributed by atoms with E-state index in [9.17, 15) is 13.2 Å². The number of benzene rings is 1. The number of fused-ring (bicyclic) bond motifs is 1. The molecule has 0 atom stereocenters. The van der Waals surface area contributed by atoms with Gasteiger partial charge in [-0.25, -0.2) is 4.72 Å².